The first-order valence-corrected chi connectivity index (χ1v) is 5.22. The number of nitrogens with zero attached hydrogens (tertiary/aromatic N) is 3. The van der Waals surface area contributed by atoms with Gasteiger partial charge in [0.15, 0.2) is 0 Å². The number of aromatic nitrogens is 2. The van der Waals surface area contributed by atoms with Gasteiger partial charge in [-0.3, -0.25) is 0 Å². The van der Waals surface area contributed by atoms with Gasteiger partial charge in [0, 0.05) is 12.6 Å². The van der Waals surface area contributed by atoms with Crippen molar-refractivity contribution in [2.45, 2.75) is 32.8 Å². The molecule has 0 radical (unpaired) electrons. The Hall–Kier alpha value is -1.94. The summed E-state index contributed by atoms with van der Waals surface area (Å²) in [6.07, 6.45) is 4.41. The van der Waals surface area contributed by atoms with Gasteiger partial charge in [0.2, 0.25) is 6.08 Å². The van der Waals surface area contributed by atoms with Crippen LogP contribution in [0.3, 0.4) is 0 Å². The minimum Gasteiger partial charge on any atom is -0.443 e. The third kappa shape index (κ3) is 4.61. The molecule has 0 aromatic carbocycles. The predicted octanol–water partition coefficient (Wildman–Crippen LogP) is 1.54. The van der Waals surface area contributed by atoms with E-state index in [1.807, 2.05) is 0 Å². The van der Waals surface area contributed by atoms with Gasteiger partial charge in [-0.05, 0) is 20.8 Å². The van der Waals surface area contributed by atoms with E-state index < -0.39 is 11.7 Å². The van der Waals surface area contributed by atoms with Gasteiger partial charge < -0.3 is 4.74 Å². The topological polar surface area (TPSA) is 73.6 Å². The Morgan fingerprint density at radius 2 is 2.29 bits per heavy atom. The zero-order valence-corrected chi connectivity index (χ0v) is 10.1. The SMILES string of the molecule is CC(C)(C)OC(=O)n1cnc(CCN=C=O)c1. The third-order valence-electron chi connectivity index (χ3n) is 1.78. The van der Waals surface area contributed by atoms with E-state index in [0.29, 0.717) is 18.7 Å². The van der Waals surface area contributed by atoms with Gasteiger partial charge in [0.1, 0.15) is 11.9 Å². The maximum Gasteiger partial charge on any atom is 0.419 e. The van der Waals surface area contributed by atoms with Crippen molar-refractivity contribution in [2.24, 2.45) is 4.99 Å². The van der Waals surface area contributed by atoms with Crippen LogP contribution in [0.4, 0.5) is 4.79 Å². The number of isocyanates is 1. The van der Waals surface area contributed by atoms with Crippen molar-refractivity contribution in [1.82, 2.24) is 9.55 Å². The third-order valence-corrected chi connectivity index (χ3v) is 1.78. The summed E-state index contributed by atoms with van der Waals surface area (Å²) in [5.74, 6) is 0. The molecule has 0 spiro atoms. The molecular formula is C11H15N3O3. The van der Waals surface area contributed by atoms with Gasteiger partial charge in [-0.2, -0.15) is 0 Å². The Balaban J connectivity index is 2.61. The first-order valence-electron chi connectivity index (χ1n) is 5.22. The van der Waals surface area contributed by atoms with Gasteiger partial charge in [0.05, 0.1) is 12.2 Å². The molecule has 0 saturated carbocycles. The van der Waals surface area contributed by atoms with E-state index in [1.165, 1.54) is 17.0 Å². The highest BCUT2D eigenvalue weighted by molar-refractivity contribution is 5.70. The molecule has 0 N–H and O–H groups in total. The highest BCUT2D eigenvalue weighted by Gasteiger charge is 2.17. The van der Waals surface area contributed by atoms with Crippen LogP contribution >= 0.6 is 0 Å². The second-order valence-corrected chi connectivity index (χ2v) is 4.48. The normalized spacial score (nSPS) is 10.8. The zero-order chi connectivity index (χ0) is 12.9. The number of carbonyl (C=O) groups is 1. The summed E-state index contributed by atoms with van der Waals surface area (Å²) >= 11 is 0. The standard InChI is InChI=1S/C11H15N3O3/c1-11(2,3)17-10(16)14-6-9(13-7-14)4-5-12-8-15/h6-7H,4-5H2,1-3H3. The summed E-state index contributed by atoms with van der Waals surface area (Å²) in [6, 6.07) is 0. The first-order chi connectivity index (χ1) is 7.92. The molecule has 0 aliphatic heterocycles. The van der Waals surface area contributed by atoms with Crippen LogP contribution in [0.25, 0.3) is 0 Å². The number of hydrogen-bond acceptors (Lipinski definition) is 5. The molecule has 1 aromatic rings. The molecule has 0 unspecified atom stereocenters. The lowest BCUT2D eigenvalue weighted by molar-refractivity contribution is 0.0536. The lowest BCUT2D eigenvalue weighted by atomic mass is 10.2. The number of ether oxygens (including phenoxy) is 1. The Bertz CT molecular complexity index is 439. The van der Waals surface area contributed by atoms with E-state index in [-0.39, 0.29) is 0 Å². The van der Waals surface area contributed by atoms with Crippen LogP contribution in [0.2, 0.25) is 0 Å². The number of rotatable bonds is 3. The highest BCUT2D eigenvalue weighted by atomic mass is 16.6. The first kappa shape index (κ1) is 13.1. The Labute approximate surface area is 99.3 Å². The van der Waals surface area contributed by atoms with Crippen LogP contribution in [0.15, 0.2) is 17.5 Å². The number of imidazole rings is 1. The van der Waals surface area contributed by atoms with E-state index in [4.69, 9.17) is 4.74 Å². The van der Waals surface area contributed by atoms with E-state index in [0.717, 1.165) is 0 Å². The molecule has 0 amide bonds. The molecule has 0 aliphatic rings. The van der Waals surface area contributed by atoms with Crippen LogP contribution in [-0.4, -0.2) is 33.9 Å². The second kappa shape index (κ2) is 5.41. The van der Waals surface area contributed by atoms with Crippen molar-refractivity contribution in [3.05, 3.63) is 18.2 Å². The molecule has 1 heterocycles. The fourth-order valence-corrected chi connectivity index (χ4v) is 1.12. The molecule has 0 saturated heterocycles. The molecule has 0 bridgehead atoms. The molecule has 0 aliphatic carbocycles. The van der Waals surface area contributed by atoms with Crippen molar-refractivity contribution >= 4 is 12.2 Å². The van der Waals surface area contributed by atoms with Crippen molar-refractivity contribution < 1.29 is 14.3 Å². The number of hydrogen-bond donors (Lipinski definition) is 0. The summed E-state index contributed by atoms with van der Waals surface area (Å²) in [5.41, 5.74) is 0.137. The van der Waals surface area contributed by atoms with E-state index in [2.05, 4.69) is 9.98 Å². The Kier molecular flexibility index (Phi) is 4.17. The predicted molar refractivity (Wildman–Crippen MR) is 60.6 cm³/mol. The smallest absolute Gasteiger partial charge is 0.419 e. The maximum atomic E-state index is 11.6. The summed E-state index contributed by atoms with van der Waals surface area (Å²) in [4.78, 5) is 28.9. The van der Waals surface area contributed by atoms with E-state index >= 15 is 0 Å². The molecule has 0 fully saturated rings. The lowest BCUT2D eigenvalue weighted by Gasteiger charge is -2.19. The van der Waals surface area contributed by atoms with Crippen molar-refractivity contribution in [3.8, 4) is 0 Å². The lowest BCUT2D eigenvalue weighted by Crippen LogP contribution is -2.26. The average Bonchev–Trinajstić information content (AvgIpc) is 2.64. The molecule has 0 atom stereocenters. The van der Waals surface area contributed by atoms with Crippen molar-refractivity contribution in [3.63, 3.8) is 0 Å². The maximum absolute atomic E-state index is 11.6. The summed E-state index contributed by atoms with van der Waals surface area (Å²) in [6.45, 7) is 5.69. The quantitative estimate of drug-likeness (QED) is 0.590. The molecule has 1 rings (SSSR count). The molecular weight excluding hydrogens is 222 g/mol. The van der Waals surface area contributed by atoms with Crippen LogP contribution in [0, 0.1) is 0 Å². The van der Waals surface area contributed by atoms with Gasteiger partial charge in [-0.25, -0.2) is 24.1 Å². The fraction of sp³-hybridized carbons (Fsp3) is 0.545. The van der Waals surface area contributed by atoms with Gasteiger partial charge in [-0.1, -0.05) is 0 Å². The van der Waals surface area contributed by atoms with E-state index in [1.54, 1.807) is 27.0 Å². The Morgan fingerprint density at radius 3 is 2.88 bits per heavy atom. The van der Waals surface area contributed by atoms with Gasteiger partial charge in [-0.15, -0.1) is 0 Å². The number of aliphatic imine (C=N–C) groups is 1. The van der Waals surface area contributed by atoms with Gasteiger partial charge in [0.25, 0.3) is 0 Å². The molecule has 6 heteroatoms. The molecule has 17 heavy (non-hydrogen) atoms. The van der Waals surface area contributed by atoms with Crippen molar-refractivity contribution in [1.29, 1.82) is 0 Å². The van der Waals surface area contributed by atoms with Gasteiger partial charge >= 0.3 is 6.09 Å². The monoisotopic (exact) mass is 237 g/mol. The zero-order valence-electron chi connectivity index (χ0n) is 10.1. The van der Waals surface area contributed by atoms with Crippen molar-refractivity contribution in [2.75, 3.05) is 6.54 Å². The summed E-state index contributed by atoms with van der Waals surface area (Å²) in [7, 11) is 0. The van der Waals surface area contributed by atoms with Crippen LogP contribution in [-0.2, 0) is 16.0 Å². The van der Waals surface area contributed by atoms with E-state index in [9.17, 15) is 9.59 Å². The highest BCUT2D eigenvalue weighted by Crippen LogP contribution is 2.09. The Morgan fingerprint density at radius 1 is 1.59 bits per heavy atom. The minimum absolute atomic E-state index is 0.314. The minimum atomic E-state index is -0.538. The van der Waals surface area contributed by atoms with Crippen LogP contribution < -0.4 is 0 Å². The molecule has 6 nitrogen and oxygen atoms in total. The summed E-state index contributed by atoms with van der Waals surface area (Å²) in [5, 5.41) is 0. The molecule has 92 valence electrons. The van der Waals surface area contributed by atoms with Crippen LogP contribution in [0.5, 0.6) is 0 Å². The van der Waals surface area contributed by atoms with Crippen LogP contribution in [0.1, 0.15) is 26.5 Å². The average molecular weight is 237 g/mol. The largest absolute Gasteiger partial charge is 0.443 e. The molecule has 1 aromatic heterocycles. The number of carbonyl (C=O) groups excluding carboxylic acids is 2. The second-order valence-electron chi connectivity index (χ2n) is 4.48. The fourth-order valence-electron chi connectivity index (χ4n) is 1.12. The summed E-state index contributed by atoms with van der Waals surface area (Å²) < 4.78 is 6.43.